The van der Waals surface area contributed by atoms with Gasteiger partial charge in [-0.25, -0.2) is 4.98 Å². The van der Waals surface area contributed by atoms with Gasteiger partial charge in [0.05, 0.1) is 11.8 Å². The first-order valence-electron chi connectivity index (χ1n) is 6.68. The zero-order valence-electron chi connectivity index (χ0n) is 11.0. The van der Waals surface area contributed by atoms with Gasteiger partial charge >= 0.3 is 0 Å². The molecule has 3 rings (SSSR count). The summed E-state index contributed by atoms with van der Waals surface area (Å²) in [6.07, 6.45) is 5.84. The molecule has 1 aromatic carbocycles. The lowest BCUT2D eigenvalue weighted by atomic mass is 10.3. The van der Waals surface area contributed by atoms with Crippen LogP contribution in [0.1, 0.15) is 31.5 Å². The fourth-order valence-corrected chi connectivity index (χ4v) is 2.12. The van der Waals surface area contributed by atoms with Crippen molar-refractivity contribution in [1.29, 1.82) is 0 Å². The molecule has 2 aromatic rings. The molecule has 19 heavy (non-hydrogen) atoms. The predicted molar refractivity (Wildman–Crippen MR) is 72.7 cm³/mol. The van der Waals surface area contributed by atoms with Crippen LogP contribution in [0.4, 0.5) is 0 Å². The highest BCUT2D eigenvalue weighted by atomic mass is 16.5. The van der Waals surface area contributed by atoms with Crippen LogP contribution in [0.3, 0.4) is 0 Å². The van der Waals surface area contributed by atoms with Gasteiger partial charge in [0.2, 0.25) is 0 Å². The third-order valence-electron chi connectivity index (χ3n) is 3.20. The second-order valence-corrected chi connectivity index (χ2v) is 5.09. The summed E-state index contributed by atoms with van der Waals surface area (Å²) in [7, 11) is 0. The van der Waals surface area contributed by atoms with Crippen LogP contribution in [-0.4, -0.2) is 27.4 Å². The van der Waals surface area contributed by atoms with E-state index in [1.807, 2.05) is 36.7 Å². The first kappa shape index (κ1) is 12.2. The number of aromatic nitrogens is 2. The van der Waals surface area contributed by atoms with E-state index in [0.29, 0.717) is 12.5 Å². The lowest BCUT2D eigenvalue weighted by molar-refractivity contribution is 0.122. The molecule has 1 N–H and O–H groups in total. The lowest BCUT2D eigenvalue weighted by Crippen LogP contribution is -2.12. The summed E-state index contributed by atoms with van der Waals surface area (Å²) in [5.74, 6) is 2.51. The maximum Gasteiger partial charge on any atom is 0.121 e. The van der Waals surface area contributed by atoms with Crippen molar-refractivity contribution < 1.29 is 9.84 Å². The van der Waals surface area contributed by atoms with Gasteiger partial charge in [-0.3, -0.25) is 0 Å². The number of hydrogen-bond donors (Lipinski definition) is 1. The van der Waals surface area contributed by atoms with Crippen molar-refractivity contribution in [2.45, 2.75) is 31.8 Å². The number of imidazole rings is 1. The van der Waals surface area contributed by atoms with Crippen LogP contribution < -0.4 is 4.74 Å². The number of ether oxygens (including phenoxy) is 1. The molecule has 4 nitrogen and oxygen atoms in total. The van der Waals surface area contributed by atoms with E-state index < -0.39 is 6.10 Å². The van der Waals surface area contributed by atoms with Crippen molar-refractivity contribution in [2.24, 2.45) is 0 Å². The Hall–Kier alpha value is -1.81. The molecule has 0 amide bonds. The molecule has 1 heterocycles. The normalized spacial score (nSPS) is 16.3. The number of rotatable bonds is 5. The van der Waals surface area contributed by atoms with Crippen LogP contribution >= 0.6 is 0 Å². The van der Waals surface area contributed by atoms with E-state index in [-0.39, 0.29) is 0 Å². The maximum absolute atomic E-state index is 9.25. The van der Waals surface area contributed by atoms with Crippen LogP contribution in [0.15, 0.2) is 36.7 Å². The van der Waals surface area contributed by atoms with E-state index in [4.69, 9.17) is 4.74 Å². The third kappa shape index (κ3) is 2.79. The number of aliphatic hydroxyl groups is 1. The second kappa shape index (κ2) is 5.05. The Morgan fingerprint density at radius 2 is 2.32 bits per heavy atom. The third-order valence-corrected chi connectivity index (χ3v) is 3.20. The topological polar surface area (TPSA) is 47.3 Å². The summed E-state index contributed by atoms with van der Waals surface area (Å²) in [6.45, 7) is 2.02. The van der Waals surface area contributed by atoms with Crippen molar-refractivity contribution in [3.63, 3.8) is 0 Å². The molecule has 0 unspecified atom stereocenters. The fourth-order valence-electron chi connectivity index (χ4n) is 2.12. The largest absolute Gasteiger partial charge is 0.491 e. The number of benzene rings is 1. The molecule has 1 aliphatic rings. The molecule has 0 aliphatic heterocycles. The minimum atomic E-state index is -0.459. The van der Waals surface area contributed by atoms with E-state index in [9.17, 15) is 5.11 Å². The van der Waals surface area contributed by atoms with Gasteiger partial charge in [-0.1, -0.05) is 6.07 Å². The molecule has 1 fully saturated rings. The van der Waals surface area contributed by atoms with Gasteiger partial charge in [0.1, 0.15) is 18.2 Å². The Balaban J connectivity index is 1.83. The van der Waals surface area contributed by atoms with E-state index in [2.05, 4.69) is 9.55 Å². The Bertz CT molecular complexity index is 559. The number of aliphatic hydroxyl groups excluding tert-OH is 1. The average Bonchev–Trinajstić information content (AvgIpc) is 3.14. The minimum absolute atomic E-state index is 0.308. The summed E-state index contributed by atoms with van der Waals surface area (Å²) in [5, 5.41) is 9.25. The van der Waals surface area contributed by atoms with Crippen LogP contribution in [-0.2, 0) is 0 Å². The standard InChI is InChI=1S/C15H18N2O2/c1-11(18)10-19-14-4-2-3-13(9-14)17-8-7-16-15(17)12-5-6-12/h2-4,7-9,11-12,18H,5-6,10H2,1H3/t11-/m1/s1. The van der Waals surface area contributed by atoms with E-state index in [0.717, 1.165) is 17.3 Å². The van der Waals surface area contributed by atoms with Crippen molar-refractivity contribution in [3.8, 4) is 11.4 Å². The lowest BCUT2D eigenvalue weighted by Gasteiger charge is -2.11. The Kier molecular flexibility index (Phi) is 3.25. The zero-order chi connectivity index (χ0) is 13.2. The van der Waals surface area contributed by atoms with Gasteiger partial charge < -0.3 is 14.4 Å². The molecule has 1 aromatic heterocycles. The summed E-state index contributed by atoms with van der Waals surface area (Å²) in [6, 6.07) is 7.89. The monoisotopic (exact) mass is 258 g/mol. The molecule has 1 aliphatic carbocycles. The van der Waals surface area contributed by atoms with Gasteiger partial charge in [0, 0.05) is 24.4 Å². The molecule has 4 heteroatoms. The van der Waals surface area contributed by atoms with Crippen molar-refractivity contribution in [3.05, 3.63) is 42.5 Å². The first-order valence-corrected chi connectivity index (χ1v) is 6.68. The fraction of sp³-hybridized carbons (Fsp3) is 0.400. The highest BCUT2D eigenvalue weighted by Gasteiger charge is 2.28. The first-order chi connectivity index (χ1) is 9.24. The van der Waals surface area contributed by atoms with Gasteiger partial charge in [0.25, 0.3) is 0 Å². The van der Waals surface area contributed by atoms with Crippen molar-refractivity contribution >= 4 is 0 Å². The molecule has 0 spiro atoms. The quantitative estimate of drug-likeness (QED) is 0.896. The summed E-state index contributed by atoms with van der Waals surface area (Å²) in [4.78, 5) is 4.44. The van der Waals surface area contributed by atoms with Gasteiger partial charge in [0.15, 0.2) is 0 Å². The van der Waals surface area contributed by atoms with Gasteiger partial charge in [-0.2, -0.15) is 0 Å². The smallest absolute Gasteiger partial charge is 0.121 e. The Morgan fingerprint density at radius 3 is 3.05 bits per heavy atom. The van der Waals surface area contributed by atoms with E-state index in [1.165, 1.54) is 12.8 Å². The maximum atomic E-state index is 9.25. The Labute approximate surface area is 112 Å². The van der Waals surface area contributed by atoms with Crippen LogP contribution in [0.25, 0.3) is 5.69 Å². The molecule has 1 atom stereocenters. The second-order valence-electron chi connectivity index (χ2n) is 5.09. The summed E-state index contributed by atoms with van der Waals surface area (Å²) >= 11 is 0. The minimum Gasteiger partial charge on any atom is -0.491 e. The average molecular weight is 258 g/mol. The molecular weight excluding hydrogens is 240 g/mol. The van der Waals surface area contributed by atoms with E-state index in [1.54, 1.807) is 6.92 Å². The highest BCUT2D eigenvalue weighted by molar-refractivity contribution is 5.41. The summed E-state index contributed by atoms with van der Waals surface area (Å²) < 4.78 is 7.66. The molecule has 100 valence electrons. The van der Waals surface area contributed by atoms with Gasteiger partial charge in [-0.05, 0) is 31.9 Å². The SMILES string of the molecule is C[C@@H](O)COc1cccc(-n2ccnc2C2CC2)c1. The number of nitrogens with zero attached hydrogens (tertiary/aromatic N) is 2. The van der Waals surface area contributed by atoms with Crippen LogP contribution in [0.5, 0.6) is 5.75 Å². The number of hydrogen-bond acceptors (Lipinski definition) is 3. The predicted octanol–water partition coefficient (Wildman–Crippen LogP) is 2.51. The van der Waals surface area contributed by atoms with Crippen LogP contribution in [0.2, 0.25) is 0 Å². The van der Waals surface area contributed by atoms with E-state index >= 15 is 0 Å². The zero-order valence-corrected chi connectivity index (χ0v) is 11.0. The van der Waals surface area contributed by atoms with Crippen molar-refractivity contribution in [2.75, 3.05) is 6.61 Å². The molecule has 0 bridgehead atoms. The molecular formula is C15H18N2O2. The van der Waals surface area contributed by atoms with Gasteiger partial charge in [-0.15, -0.1) is 0 Å². The summed E-state index contributed by atoms with van der Waals surface area (Å²) in [5.41, 5.74) is 1.06. The molecule has 1 saturated carbocycles. The van der Waals surface area contributed by atoms with Crippen molar-refractivity contribution in [1.82, 2.24) is 9.55 Å². The highest BCUT2D eigenvalue weighted by Crippen LogP contribution is 2.39. The van der Waals surface area contributed by atoms with Crippen LogP contribution in [0, 0.1) is 0 Å². The molecule has 0 radical (unpaired) electrons. The molecule has 0 saturated heterocycles. The Morgan fingerprint density at radius 1 is 1.47 bits per heavy atom.